The number of hydrogen-bond acceptors (Lipinski definition) is 3. The molecule has 1 N–H and O–H groups in total. The molecule has 5 heteroatoms. The molecule has 2 aromatic rings. The van der Waals surface area contributed by atoms with Gasteiger partial charge in [0.2, 0.25) is 0 Å². The number of benzene rings is 2. The largest absolute Gasteiger partial charge is 0.496 e. The minimum Gasteiger partial charge on any atom is -0.496 e. The summed E-state index contributed by atoms with van der Waals surface area (Å²) < 4.78 is 23.9. The lowest BCUT2D eigenvalue weighted by atomic mass is 10.0. The van der Waals surface area contributed by atoms with Crippen molar-refractivity contribution in [2.24, 2.45) is 0 Å². The molecule has 0 aliphatic carbocycles. The maximum absolute atomic E-state index is 13.7. The van der Waals surface area contributed by atoms with E-state index in [0.29, 0.717) is 5.75 Å². The molecular formula is C18H20FNO3. The number of carbonyl (C=O) groups excluding carboxylic acids is 1. The molecule has 1 amide bonds. The van der Waals surface area contributed by atoms with Gasteiger partial charge in [0.25, 0.3) is 5.91 Å². The quantitative estimate of drug-likeness (QED) is 0.916. The third-order valence-corrected chi connectivity index (χ3v) is 3.61. The summed E-state index contributed by atoms with van der Waals surface area (Å²) in [6.07, 6.45) is 0. The smallest absolute Gasteiger partial charge is 0.251 e. The number of carbonyl (C=O) groups is 1. The van der Waals surface area contributed by atoms with Gasteiger partial charge in [0, 0.05) is 11.1 Å². The fourth-order valence-electron chi connectivity index (χ4n) is 2.36. The van der Waals surface area contributed by atoms with Gasteiger partial charge in [0.15, 0.2) is 11.6 Å². The molecule has 2 rings (SSSR count). The second kappa shape index (κ2) is 7.13. The van der Waals surface area contributed by atoms with E-state index in [1.54, 1.807) is 7.11 Å². The molecule has 23 heavy (non-hydrogen) atoms. The molecule has 0 aromatic heterocycles. The molecular weight excluding hydrogens is 297 g/mol. The Balaban J connectivity index is 2.20. The normalized spacial score (nSPS) is 11.7. The molecule has 0 aliphatic rings. The molecule has 0 unspecified atom stereocenters. The summed E-state index contributed by atoms with van der Waals surface area (Å²) >= 11 is 0. The second-order valence-corrected chi connectivity index (χ2v) is 5.29. The first-order valence-corrected chi connectivity index (χ1v) is 7.25. The summed E-state index contributed by atoms with van der Waals surface area (Å²) in [5, 5.41) is 2.85. The maximum atomic E-state index is 13.7. The van der Waals surface area contributed by atoms with Crippen molar-refractivity contribution < 1.29 is 18.7 Å². The van der Waals surface area contributed by atoms with Crippen LogP contribution in [0.5, 0.6) is 11.5 Å². The number of nitrogens with one attached hydrogen (secondary N) is 1. The van der Waals surface area contributed by atoms with Crippen LogP contribution in [0.3, 0.4) is 0 Å². The topological polar surface area (TPSA) is 47.6 Å². The standard InChI is InChI=1S/C18H20FNO3/c1-11-5-7-16(22-3)14(9-11)12(2)20-18(21)13-6-8-17(23-4)15(19)10-13/h5-10,12H,1-4H3,(H,20,21)/t12-/m0/s1. The Morgan fingerprint density at radius 3 is 2.35 bits per heavy atom. The number of halogens is 1. The Morgan fingerprint density at radius 1 is 1.09 bits per heavy atom. The maximum Gasteiger partial charge on any atom is 0.251 e. The van der Waals surface area contributed by atoms with Crippen molar-refractivity contribution in [1.82, 2.24) is 5.32 Å². The zero-order chi connectivity index (χ0) is 17.0. The van der Waals surface area contributed by atoms with E-state index in [2.05, 4.69) is 5.32 Å². The van der Waals surface area contributed by atoms with E-state index in [1.807, 2.05) is 32.0 Å². The first-order valence-electron chi connectivity index (χ1n) is 7.25. The fourth-order valence-corrected chi connectivity index (χ4v) is 2.36. The molecule has 122 valence electrons. The van der Waals surface area contributed by atoms with Crippen molar-refractivity contribution in [3.63, 3.8) is 0 Å². The molecule has 0 radical (unpaired) electrons. The van der Waals surface area contributed by atoms with Gasteiger partial charge >= 0.3 is 0 Å². The Kier molecular flexibility index (Phi) is 5.21. The summed E-state index contributed by atoms with van der Waals surface area (Å²) in [6, 6.07) is 9.60. The minimum absolute atomic E-state index is 0.106. The van der Waals surface area contributed by atoms with Crippen LogP contribution in [0.1, 0.15) is 34.5 Å². The molecule has 0 aliphatic heterocycles. The minimum atomic E-state index is -0.569. The van der Waals surface area contributed by atoms with E-state index in [0.717, 1.165) is 17.2 Å². The molecule has 0 saturated carbocycles. The Morgan fingerprint density at radius 2 is 1.74 bits per heavy atom. The van der Waals surface area contributed by atoms with Crippen LogP contribution in [0.2, 0.25) is 0 Å². The SMILES string of the molecule is COc1ccc(C(=O)N[C@@H](C)c2cc(C)ccc2OC)cc1F. The van der Waals surface area contributed by atoms with Crippen LogP contribution in [0.15, 0.2) is 36.4 Å². The van der Waals surface area contributed by atoms with Gasteiger partial charge < -0.3 is 14.8 Å². The summed E-state index contributed by atoms with van der Waals surface area (Å²) in [6.45, 7) is 3.82. The first-order chi connectivity index (χ1) is 11.0. The highest BCUT2D eigenvalue weighted by molar-refractivity contribution is 5.94. The highest BCUT2D eigenvalue weighted by Crippen LogP contribution is 2.26. The number of aryl methyl sites for hydroxylation is 1. The van der Waals surface area contributed by atoms with Crippen LogP contribution >= 0.6 is 0 Å². The zero-order valence-electron chi connectivity index (χ0n) is 13.6. The molecule has 0 spiro atoms. The lowest BCUT2D eigenvalue weighted by molar-refractivity contribution is 0.0939. The van der Waals surface area contributed by atoms with E-state index < -0.39 is 5.82 Å². The average molecular weight is 317 g/mol. The average Bonchev–Trinajstić information content (AvgIpc) is 2.54. The molecule has 0 fully saturated rings. The van der Waals surface area contributed by atoms with E-state index in [9.17, 15) is 9.18 Å². The lowest BCUT2D eigenvalue weighted by Gasteiger charge is -2.18. The monoisotopic (exact) mass is 317 g/mol. The first kappa shape index (κ1) is 16.8. The summed E-state index contributed by atoms with van der Waals surface area (Å²) in [5.74, 6) is -0.122. The predicted octanol–water partition coefficient (Wildman–Crippen LogP) is 3.64. The van der Waals surface area contributed by atoms with Gasteiger partial charge in [-0.05, 0) is 38.1 Å². The van der Waals surface area contributed by atoms with E-state index in [1.165, 1.54) is 19.2 Å². The predicted molar refractivity (Wildman–Crippen MR) is 86.6 cm³/mol. The number of ether oxygens (including phenoxy) is 2. The van der Waals surface area contributed by atoms with Crippen molar-refractivity contribution in [2.75, 3.05) is 14.2 Å². The van der Waals surface area contributed by atoms with Gasteiger partial charge in [-0.15, -0.1) is 0 Å². The zero-order valence-corrected chi connectivity index (χ0v) is 13.6. The third-order valence-electron chi connectivity index (χ3n) is 3.61. The van der Waals surface area contributed by atoms with Gasteiger partial charge in [0.1, 0.15) is 5.75 Å². The molecule has 2 aromatic carbocycles. The van der Waals surface area contributed by atoms with Gasteiger partial charge in [0.05, 0.1) is 20.3 Å². The number of amides is 1. The molecule has 4 nitrogen and oxygen atoms in total. The van der Waals surface area contributed by atoms with Crippen LogP contribution in [-0.4, -0.2) is 20.1 Å². The highest BCUT2D eigenvalue weighted by Gasteiger charge is 2.16. The van der Waals surface area contributed by atoms with Gasteiger partial charge in [-0.25, -0.2) is 4.39 Å². The van der Waals surface area contributed by atoms with Crippen molar-refractivity contribution in [3.8, 4) is 11.5 Å². The lowest BCUT2D eigenvalue weighted by Crippen LogP contribution is -2.27. The number of hydrogen-bond donors (Lipinski definition) is 1. The van der Waals surface area contributed by atoms with Crippen LogP contribution in [0.25, 0.3) is 0 Å². The Bertz CT molecular complexity index is 715. The van der Waals surface area contributed by atoms with Crippen molar-refractivity contribution in [3.05, 3.63) is 58.9 Å². The molecule has 0 bridgehead atoms. The van der Waals surface area contributed by atoms with Crippen LogP contribution < -0.4 is 14.8 Å². The summed E-state index contributed by atoms with van der Waals surface area (Å²) in [7, 11) is 2.96. The van der Waals surface area contributed by atoms with E-state index in [-0.39, 0.29) is 23.3 Å². The third kappa shape index (κ3) is 3.80. The number of methoxy groups -OCH3 is 2. The second-order valence-electron chi connectivity index (χ2n) is 5.29. The Labute approximate surface area is 135 Å². The van der Waals surface area contributed by atoms with Crippen LogP contribution in [0, 0.1) is 12.7 Å². The number of rotatable bonds is 5. The van der Waals surface area contributed by atoms with Crippen molar-refractivity contribution in [2.45, 2.75) is 19.9 Å². The molecule has 1 atom stereocenters. The summed E-state index contributed by atoms with van der Waals surface area (Å²) in [4.78, 5) is 12.3. The van der Waals surface area contributed by atoms with Gasteiger partial charge in [-0.3, -0.25) is 4.79 Å². The molecule has 0 saturated heterocycles. The summed E-state index contributed by atoms with van der Waals surface area (Å²) in [5.41, 5.74) is 2.17. The van der Waals surface area contributed by atoms with Crippen molar-refractivity contribution in [1.29, 1.82) is 0 Å². The molecule has 0 heterocycles. The van der Waals surface area contributed by atoms with Gasteiger partial charge in [-0.2, -0.15) is 0 Å². The van der Waals surface area contributed by atoms with E-state index in [4.69, 9.17) is 9.47 Å². The van der Waals surface area contributed by atoms with Crippen LogP contribution in [0.4, 0.5) is 4.39 Å². The van der Waals surface area contributed by atoms with Crippen molar-refractivity contribution >= 4 is 5.91 Å². The fraction of sp³-hybridized carbons (Fsp3) is 0.278. The highest BCUT2D eigenvalue weighted by atomic mass is 19.1. The van der Waals surface area contributed by atoms with E-state index >= 15 is 0 Å². The van der Waals surface area contributed by atoms with Gasteiger partial charge in [-0.1, -0.05) is 17.7 Å². The Hall–Kier alpha value is -2.56. The van der Waals surface area contributed by atoms with Crippen LogP contribution in [-0.2, 0) is 0 Å².